The van der Waals surface area contributed by atoms with Crippen LogP contribution in [0.2, 0.25) is 0 Å². The molecule has 4 rings (SSSR count). The summed E-state index contributed by atoms with van der Waals surface area (Å²) < 4.78 is 10.9. The molecule has 1 fully saturated rings. The zero-order valence-electron chi connectivity index (χ0n) is 13.3. The molecule has 1 atom stereocenters. The van der Waals surface area contributed by atoms with Crippen LogP contribution in [0.15, 0.2) is 23.8 Å². The highest BCUT2D eigenvalue weighted by Crippen LogP contribution is 2.53. The first-order valence-electron chi connectivity index (χ1n) is 7.90. The van der Waals surface area contributed by atoms with E-state index in [1.54, 1.807) is 20.3 Å². The Morgan fingerprint density at radius 2 is 1.83 bits per heavy atom. The van der Waals surface area contributed by atoms with Crippen molar-refractivity contribution in [3.63, 3.8) is 0 Å². The second kappa shape index (κ2) is 4.85. The zero-order valence-corrected chi connectivity index (χ0v) is 13.3. The molecule has 1 spiro atoms. The second-order valence-corrected chi connectivity index (χ2v) is 6.33. The van der Waals surface area contributed by atoms with Gasteiger partial charge in [0.05, 0.1) is 26.2 Å². The van der Waals surface area contributed by atoms with E-state index in [0.29, 0.717) is 37.3 Å². The predicted molar refractivity (Wildman–Crippen MR) is 83.6 cm³/mol. The highest BCUT2D eigenvalue weighted by atomic mass is 16.5. The summed E-state index contributed by atoms with van der Waals surface area (Å²) in [5.41, 5.74) is 2.74. The van der Waals surface area contributed by atoms with Crippen molar-refractivity contribution in [3.8, 4) is 11.5 Å². The minimum Gasteiger partial charge on any atom is -0.493 e. The molecule has 5 heteroatoms. The molecule has 1 saturated heterocycles. The van der Waals surface area contributed by atoms with Gasteiger partial charge in [0.1, 0.15) is 0 Å². The smallest absolute Gasteiger partial charge is 0.227 e. The van der Waals surface area contributed by atoms with E-state index in [4.69, 9.17) is 9.47 Å². The predicted octanol–water partition coefficient (Wildman–Crippen LogP) is 1.98. The van der Waals surface area contributed by atoms with Crippen LogP contribution in [-0.4, -0.2) is 37.4 Å². The van der Waals surface area contributed by atoms with Gasteiger partial charge in [0.2, 0.25) is 5.91 Å². The highest BCUT2D eigenvalue weighted by Gasteiger charge is 2.54. The third kappa shape index (κ3) is 1.79. The highest BCUT2D eigenvalue weighted by molar-refractivity contribution is 5.96. The third-order valence-corrected chi connectivity index (χ3v) is 5.36. The van der Waals surface area contributed by atoms with E-state index < -0.39 is 5.54 Å². The van der Waals surface area contributed by atoms with Crippen molar-refractivity contribution < 1.29 is 19.1 Å². The number of methoxy groups -OCH3 is 2. The number of rotatable bonds is 2. The number of carbonyl (C=O) groups excluding carboxylic acids is 2. The Hall–Kier alpha value is -2.30. The van der Waals surface area contributed by atoms with Gasteiger partial charge in [-0.3, -0.25) is 9.59 Å². The normalized spacial score (nSPS) is 25.5. The molecular formula is C18H19NO4. The molecule has 2 heterocycles. The lowest BCUT2D eigenvalue weighted by atomic mass is 9.71. The fraction of sp³-hybridized carbons (Fsp3) is 0.444. The van der Waals surface area contributed by atoms with Crippen molar-refractivity contribution in [1.29, 1.82) is 0 Å². The zero-order chi connectivity index (χ0) is 16.2. The van der Waals surface area contributed by atoms with Crippen molar-refractivity contribution >= 4 is 11.7 Å². The van der Waals surface area contributed by atoms with E-state index in [2.05, 4.69) is 0 Å². The molecule has 1 aromatic carbocycles. The Morgan fingerprint density at radius 1 is 1.09 bits per heavy atom. The number of benzene rings is 1. The van der Waals surface area contributed by atoms with E-state index in [1.165, 1.54) is 5.56 Å². The number of nitrogens with zero attached hydrogens (tertiary/aromatic N) is 1. The molecule has 2 aliphatic heterocycles. The van der Waals surface area contributed by atoms with Gasteiger partial charge in [-0.25, -0.2) is 0 Å². The fourth-order valence-corrected chi connectivity index (χ4v) is 4.34. The minimum atomic E-state index is -0.460. The molecule has 0 bridgehead atoms. The van der Waals surface area contributed by atoms with Crippen molar-refractivity contribution in [2.75, 3.05) is 20.8 Å². The average molecular weight is 313 g/mol. The van der Waals surface area contributed by atoms with E-state index in [-0.39, 0.29) is 11.7 Å². The molecule has 1 amide bonds. The molecule has 1 aliphatic carbocycles. The number of hydrogen-bond acceptors (Lipinski definition) is 4. The Morgan fingerprint density at radius 3 is 2.57 bits per heavy atom. The first kappa shape index (κ1) is 14.3. The van der Waals surface area contributed by atoms with Gasteiger partial charge in [0.15, 0.2) is 17.3 Å². The lowest BCUT2D eigenvalue weighted by Crippen LogP contribution is -2.50. The molecule has 5 nitrogen and oxygen atoms in total. The van der Waals surface area contributed by atoms with Crippen LogP contribution in [0.25, 0.3) is 0 Å². The van der Waals surface area contributed by atoms with Crippen LogP contribution >= 0.6 is 0 Å². The summed E-state index contributed by atoms with van der Waals surface area (Å²) in [6.45, 7) is 0.687. The van der Waals surface area contributed by atoms with E-state index >= 15 is 0 Å². The topological polar surface area (TPSA) is 55.8 Å². The standard InChI is InChI=1S/C18H19NO4/c1-22-15-7-11-4-6-19-17(21)9-12-8-13(20)3-5-18(12,19)14(11)10-16(15)23-2/h7-8,10H,3-6,9H2,1-2H3/t18-/m1/s1. The largest absolute Gasteiger partial charge is 0.493 e. The molecule has 0 unspecified atom stereocenters. The van der Waals surface area contributed by atoms with Crippen LogP contribution in [0.1, 0.15) is 30.4 Å². The number of ketones is 1. The molecular weight excluding hydrogens is 294 g/mol. The van der Waals surface area contributed by atoms with E-state index in [0.717, 1.165) is 17.6 Å². The molecule has 23 heavy (non-hydrogen) atoms. The van der Waals surface area contributed by atoms with Crippen LogP contribution in [0.4, 0.5) is 0 Å². The van der Waals surface area contributed by atoms with Gasteiger partial charge in [0, 0.05) is 13.0 Å². The molecule has 0 N–H and O–H groups in total. The average Bonchev–Trinajstić information content (AvgIpc) is 2.85. The Kier molecular flexibility index (Phi) is 3.01. The third-order valence-electron chi connectivity index (χ3n) is 5.36. The molecule has 0 aromatic heterocycles. The quantitative estimate of drug-likeness (QED) is 0.838. The summed E-state index contributed by atoms with van der Waals surface area (Å²) >= 11 is 0. The van der Waals surface area contributed by atoms with Crippen molar-refractivity contribution in [1.82, 2.24) is 4.90 Å². The monoisotopic (exact) mass is 313 g/mol. The van der Waals surface area contributed by atoms with Crippen LogP contribution in [-0.2, 0) is 21.5 Å². The molecule has 3 aliphatic rings. The van der Waals surface area contributed by atoms with Gasteiger partial charge < -0.3 is 14.4 Å². The maximum Gasteiger partial charge on any atom is 0.227 e. The van der Waals surface area contributed by atoms with Crippen molar-refractivity contribution in [2.24, 2.45) is 0 Å². The van der Waals surface area contributed by atoms with E-state index in [9.17, 15) is 9.59 Å². The van der Waals surface area contributed by atoms with Crippen LogP contribution in [0, 0.1) is 0 Å². The summed E-state index contributed by atoms with van der Waals surface area (Å²) in [4.78, 5) is 26.3. The molecule has 0 radical (unpaired) electrons. The molecule has 1 aromatic rings. The Balaban J connectivity index is 1.97. The van der Waals surface area contributed by atoms with Crippen LogP contribution < -0.4 is 9.47 Å². The Labute approximate surface area is 134 Å². The maximum atomic E-state index is 12.5. The number of hydrogen-bond donors (Lipinski definition) is 0. The first-order chi connectivity index (χ1) is 11.1. The summed E-state index contributed by atoms with van der Waals surface area (Å²) in [6, 6.07) is 4.00. The number of fused-ring (bicyclic) bond motifs is 1. The van der Waals surface area contributed by atoms with Crippen LogP contribution in [0.3, 0.4) is 0 Å². The maximum absolute atomic E-state index is 12.5. The van der Waals surface area contributed by atoms with Gasteiger partial charge in [-0.1, -0.05) is 0 Å². The van der Waals surface area contributed by atoms with E-state index in [1.807, 2.05) is 17.0 Å². The molecule has 120 valence electrons. The second-order valence-electron chi connectivity index (χ2n) is 6.33. The van der Waals surface area contributed by atoms with Crippen LogP contribution in [0.5, 0.6) is 11.5 Å². The lowest BCUT2D eigenvalue weighted by Gasteiger charge is -2.46. The number of carbonyl (C=O) groups is 2. The Bertz CT molecular complexity index is 752. The first-order valence-corrected chi connectivity index (χ1v) is 7.90. The number of allylic oxidation sites excluding steroid dienone is 1. The molecule has 0 saturated carbocycles. The van der Waals surface area contributed by atoms with Gasteiger partial charge in [0.25, 0.3) is 0 Å². The number of ether oxygens (including phenoxy) is 2. The lowest BCUT2D eigenvalue weighted by molar-refractivity contribution is -0.132. The van der Waals surface area contributed by atoms with Gasteiger partial charge in [-0.2, -0.15) is 0 Å². The van der Waals surface area contributed by atoms with Gasteiger partial charge in [-0.15, -0.1) is 0 Å². The summed E-state index contributed by atoms with van der Waals surface area (Å²) in [6.07, 6.45) is 3.96. The summed E-state index contributed by atoms with van der Waals surface area (Å²) in [5.74, 6) is 1.61. The SMILES string of the molecule is COc1cc2c(cc1OC)[C@@]13CCC(=O)C=C1CC(=O)N3CC2. The summed E-state index contributed by atoms with van der Waals surface area (Å²) in [7, 11) is 3.24. The van der Waals surface area contributed by atoms with Gasteiger partial charge in [-0.05, 0) is 47.8 Å². The minimum absolute atomic E-state index is 0.117. The van der Waals surface area contributed by atoms with Crippen molar-refractivity contribution in [3.05, 3.63) is 34.9 Å². The van der Waals surface area contributed by atoms with Gasteiger partial charge >= 0.3 is 0 Å². The number of amides is 1. The summed E-state index contributed by atoms with van der Waals surface area (Å²) in [5, 5.41) is 0. The van der Waals surface area contributed by atoms with Crippen molar-refractivity contribution in [2.45, 2.75) is 31.2 Å². The fourth-order valence-electron chi connectivity index (χ4n) is 4.34.